The number of benzene rings is 1. The normalized spacial score (nSPS) is 15.7. The molecule has 1 atom stereocenters. The molecule has 0 aliphatic carbocycles. The second-order valence-corrected chi connectivity index (χ2v) is 7.66. The van der Waals surface area contributed by atoms with E-state index in [1.54, 1.807) is 17.9 Å². The first-order valence-corrected chi connectivity index (χ1v) is 10.6. The third-order valence-corrected chi connectivity index (χ3v) is 5.68. The Morgan fingerprint density at radius 1 is 1.17 bits per heavy atom. The van der Waals surface area contributed by atoms with Gasteiger partial charge in [-0.15, -0.1) is 0 Å². The second kappa shape index (κ2) is 9.40. The Kier molecular flexibility index (Phi) is 6.44. The minimum absolute atomic E-state index is 0.207. The van der Waals surface area contributed by atoms with Gasteiger partial charge in [-0.25, -0.2) is 9.78 Å². The number of aromatic nitrogens is 4. The lowest BCUT2D eigenvalue weighted by atomic mass is 10.0. The summed E-state index contributed by atoms with van der Waals surface area (Å²) < 4.78 is 12.1. The molecule has 1 N–H and O–H groups in total. The van der Waals surface area contributed by atoms with E-state index in [2.05, 4.69) is 51.0 Å². The number of ether oxygens (including phenoxy) is 2. The van der Waals surface area contributed by atoms with Crippen molar-refractivity contribution in [2.45, 2.75) is 38.8 Å². The van der Waals surface area contributed by atoms with Crippen LogP contribution in [0.25, 0.3) is 11.2 Å². The minimum atomic E-state index is -0.207. The maximum atomic E-state index is 12.5. The molecule has 4 rings (SSSR count). The molecule has 3 heterocycles. The van der Waals surface area contributed by atoms with Crippen LogP contribution in [0.4, 0.5) is 0 Å². The van der Waals surface area contributed by atoms with Crippen LogP contribution in [0.2, 0.25) is 0 Å². The standard InChI is InChI=1S/C22H29N5O3/c1-3-19(26-10-4-5-11-26)17-8-6-16(7-9-17)15-27-20-18(24-22(27)28)14-23-21(25-20)30-13-12-29-2/h6-9,14,19H,3-5,10-13,15H2,1-2H3,(H,24,28). The zero-order valence-electron chi connectivity index (χ0n) is 17.6. The second-order valence-electron chi connectivity index (χ2n) is 7.66. The maximum absolute atomic E-state index is 12.5. The van der Waals surface area contributed by atoms with E-state index in [0.717, 1.165) is 12.0 Å². The molecule has 1 unspecified atom stereocenters. The number of hydrogen-bond acceptors (Lipinski definition) is 6. The molecular formula is C22H29N5O3. The summed E-state index contributed by atoms with van der Waals surface area (Å²) in [5.74, 6) is 0. The summed E-state index contributed by atoms with van der Waals surface area (Å²) in [4.78, 5) is 26.4. The summed E-state index contributed by atoms with van der Waals surface area (Å²) in [5, 5.41) is 0. The highest BCUT2D eigenvalue weighted by atomic mass is 16.5. The van der Waals surface area contributed by atoms with Gasteiger partial charge in [-0.3, -0.25) is 9.47 Å². The first-order chi connectivity index (χ1) is 14.7. The fraction of sp³-hybridized carbons (Fsp3) is 0.500. The molecule has 0 bridgehead atoms. The van der Waals surface area contributed by atoms with Gasteiger partial charge in [0.15, 0.2) is 5.65 Å². The molecule has 3 aromatic rings. The molecule has 30 heavy (non-hydrogen) atoms. The Hall–Kier alpha value is -2.71. The lowest BCUT2D eigenvalue weighted by Crippen LogP contribution is -2.25. The summed E-state index contributed by atoms with van der Waals surface area (Å²) in [7, 11) is 1.61. The van der Waals surface area contributed by atoms with E-state index in [1.165, 1.54) is 31.5 Å². The maximum Gasteiger partial charge on any atom is 0.328 e. The SMILES string of the molecule is CCC(c1ccc(Cn2c(=O)[nH]c3cnc(OCCOC)nc32)cc1)N1CCCC1. The zero-order valence-corrected chi connectivity index (χ0v) is 17.6. The van der Waals surface area contributed by atoms with Gasteiger partial charge < -0.3 is 14.5 Å². The number of imidazole rings is 1. The summed E-state index contributed by atoms with van der Waals surface area (Å²) in [6.07, 6.45) is 5.26. The van der Waals surface area contributed by atoms with E-state index in [0.29, 0.717) is 37.0 Å². The molecule has 0 amide bonds. The summed E-state index contributed by atoms with van der Waals surface area (Å²) >= 11 is 0. The Balaban J connectivity index is 1.53. The predicted molar refractivity (Wildman–Crippen MR) is 115 cm³/mol. The van der Waals surface area contributed by atoms with Gasteiger partial charge in [0.1, 0.15) is 12.1 Å². The van der Waals surface area contributed by atoms with Gasteiger partial charge in [-0.1, -0.05) is 31.2 Å². The van der Waals surface area contributed by atoms with Crippen LogP contribution in [-0.2, 0) is 11.3 Å². The van der Waals surface area contributed by atoms with Gasteiger partial charge >= 0.3 is 11.7 Å². The number of fused-ring (bicyclic) bond motifs is 1. The first kappa shape index (κ1) is 20.6. The van der Waals surface area contributed by atoms with Crippen molar-refractivity contribution >= 4 is 11.2 Å². The zero-order chi connectivity index (χ0) is 20.9. The van der Waals surface area contributed by atoms with Crippen LogP contribution in [0, 0.1) is 0 Å². The van der Waals surface area contributed by atoms with Gasteiger partial charge in [0.2, 0.25) is 0 Å². The van der Waals surface area contributed by atoms with E-state index in [4.69, 9.17) is 9.47 Å². The van der Waals surface area contributed by atoms with E-state index < -0.39 is 0 Å². The van der Waals surface area contributed by atoms with Crippen LogP contribution in [0.1, 0.15) is 43.4 Å². The fourth-order valence-corrected chi connectivity index (χ4v) is 4.15. The Morgan fingerprint density at radius 2 is 1.93 bits per heavy atom. The van der Waals surface area contributed by atoms with Crippen LogP contribution < -0.4 is 10.4 Å². The Labute approximate surface area is 175 Å². The van der Waals surface area contributed by atoms with E-state index >= 15 is 0 Å². The summed E-state index contributed by atoms with van der Waals surface area (Å²) in [6, 6.07) is 9.30. The van der Waals surface area contributed by atoms with E-state index in [-0.39, 0.29) is 11.7 Å². The molecular weight excluding hydrogens is 382 g/mol. The topological polar surface area (TPSA) is 85.3 Å². The smallest absolute Gasteiger partial charge is 0.328 e. The number of methoxy groups -OCH3 is 1. The molecule has 160 valence electrons. The van der Waals surface area contributed by atoms with Crippen molar-refractivity contribution in [3.8, 4) is 6.01 Å². The molecule has 1 aromatic carbocycles. The van der Waals surface area contributed by atoms with Crippen LogP contribution >= 0.6 is 0 Å². The van der Waals surface area contributed by atoms with Crippen molar-refractivity contribution in [1.82, 2.24) is 24.4 Å². The quantitative estimate of drug-likeness (QED) is 0.545. The summed E-state index contributed by atoms with van der Waals surface area (Å²) in [5.41, 5.74) is 3.32. The molecule has 2 aromatic heterocycles. The largest absolute Gasteiger partial charge is 0.461 e. The number of H-pyrrole nitrogens is 1. The van der Waals surface area contributed by atoms with Crippen LogP contribution in [0.3, 0.4) is 0 Å². The highest BCUT2D eigenvalue weighted by molar-refractivity contribution is 5.69. The molecule has 0 spiro atoms. The molecule has 1 saturated heterocycles. The van der Waals surface area contributed by atoms with Crippen LogP contribution in [-0.4, -0.2) is 57.8 Å². The number of nitrogens with one attached hydrogen (secondary N) is 1. The molecule has 8 nitrogen and oxygen atoms in total. The Morgan fingerprint density at radius 3 is 2.63 bits per heavy atom. The monoisotopic (exact) mass is 411 g/mol. The molecule has 1 aliphatic heterocycles. The molecule has 8 heteroatoms. The molecule has 1 fully saturated rings. The highest BCUT2D eigenvalue weighted by Gasteiger charge is 2.21. The molecule has 0 saturated carbocycles. The number of nitrogens with zero attached hydrogens (tertiary/aromatic N) is 4. The van der Waals surface area contributed by atoms with Crippen LogP contribution in [0.5, 0.6) is 6.01 Å². The number of hydrogen-bond donors (Lipinski definition) is 1. The van der Waals surface area contributed by atoms with E-state index in [9.17, 15) is 4.79 Å². The van der Waals surface area contributed by atoms with Crippen molar-refractivity contribution in [2.24, 2.45) is 0 Å². The highest BCUT2D eigenvalue weighted by Crippen LogP contribution is 2.28. The van der Waals surface area contributed by atoms with Crippen molar-refractivity contribution in [3.05, 3.63) is 52.1 Å². The van der Waals surface area contributed by atoms with Gasteiger partial charge in [0, 0.05) is 13.2 Å². The van der Waals surface area contributed by atoms with Gasteiger partial charge in [0.25, 0.3) is 0 Å². The Bertz CT molecular complexity index is 1020. The lowest BCUT2D eigenvalue weighted by Gasteiger charge is -2.27. The van der Waals surface area contributed by atoms with Crippen molar-refractivity contribution in [2.75, 3.05) is 33.4 Å². The molecule has 1 aliphatic rings. The van der Waals surface area contributed by atoms with Crippen LogP contribution in [0.15, 0.2) is 35.3 Å². The first-order valence-electron chi connectivity index (χ1n) is 10.6. The van der Waals surface area contributed by atoms with Crippen molar-refractivity contribution < 1.29 is 9.47 Å². The average Bonchev–Trinajstić information content (AvgIpc) is 3.39. The average molecular weight is 412 g/mol. The van der Waals surface area contributed by atoms with Gasteiger partial charge in [0.05, 0.1) is 19.3 Å². The third kappa shape index (κ3) is 4.39. The van der Waals surface area contributed by atoms with E-state index in [1.807, 2.05) is 0 Å². The predicted octanol–water partition coefficient (Wildman–Crippen LogP) is 2.74. The number of rotatable bonds is 9. The fourth-order valence-electron chi connectivity index (χ4n) is 4.15. The van der Waals surface area contributed by atoms with Crippen molar-refractivity contribution in [1.29, 1.82) is 0 Å². The van der Waals surface area contributed by atoms with Gasteiger partial charge in [-0.05, 0) is 43.5 Å². The lowest BCUT2D eigenvalue weighted by molar-refractivity contribution is 0.141. The number of aromatic amines is 1. The third-order valence-electron chi connectivity index (χ3n) is 5.68. The van der Waals surface area contributed by atoms with Gasteiger partial charge in [-0.2, -0.15) is 4.98 Å². The number of likely N-dealkylation sites (tertiary alicyclic amines) is 1. The van der Waals surface area contributed by atoms with Crippen molar-refractivity contribution in [3.63, 3.8) is 0 Å². The summed E-state index contributed by atoms with van der Waals surface area (Å²) in [6.45, 7) is 5.85. The minimum Gasteiger partial charge on any atom is -0.461 e. The molecule has 0 radical (unpaired) electrons.